The van der Waals surface area contributed by atoms with Crippen LogP contribution in [0.5, 0.6) is 0 Å². The maximum Gasteiger partial charge on any atom is 0.417 e. The quantitative estimate of drug-likeness (QED) is 0.246. The molecule has 1 aliphatic heterocycles. The predicted octanol–water partition coefficient (Wildman–Crippen LogP) is 7.61. The van der Waals surface area contributed by atoms with Crippen LogP contribution in [0.2, 0.25) is 0 Å². The number of fused-ring (bicyclic) bond motifs is 1. The molecule has 4 aromatic rings. The Hall–Kier alpha value is -3.73. The fraction of sp³-hybridized carbons (Fsp3) is 0.321. The molecule has 1 saturated carbocycles. The van der Waals surface area contributed by atoms with Gasteiger partial charge in [-0.25, -0.2) is 14.2 Å². The third kappa shape index (κ3) is 5.03. The van der Waals surface area contributed by atoms with E-state index < -0.39 is 23.5 Å². The molecule has 2 aliphatic rings. The summed E-state index contributed by atoms with van der Waals surface area (Å²) in [4.78, 5) is 17.7. The van der Waals surface area contributed by atoms with E-state index in [4.69, 9.17) is 4.52 Å². The molecule has 202 valence electrons. The number of aromatic carboxylic acids is 1. The number of alkyl halides is 3. The van der Waals surface area contributed by atoms with Crippen LogP contribution in [0.25, 0.3) is 27.6 Å². The Balaban J connectivity index is 1.21. The summed E-state index contributed by atoms with van der Waals surface area (Å²) in [6.07, 6.45) is 2.75. The van der Waals surface area contributed by atoms with E-state index in [2.05, 4.69) is 15.0 Å². The van der Waals surface area contributed by atoms with Gasteiger partial charge in [0.25, 0.3) is 0 Å². The number of piperidine rings is 1. The SMILES string of the molecule is O=C(O)c1cc(F)c2nc(N3CCC(/C=C/c4c(-c5ccccc5C(F)(F)F)noc4C4CC4)CC3)sc2c1. The molecule has 1 saturated heterocycles. The van der Waals surface area contributed by atoms with Gasteiger partial charge in [-0.2, -0.15) is 13.2 Å². The third-order valence-electron chi connectivity index (χ3n) is 7.22. The second-order valence-corrected chi connectivity index (χ2v) is 10.9. The summed E-state index contributed by atoms with van der Waals surface area (Å²) in [6, 6.07) is 7.82. The van der Waals surface area contributed by atoms with Crippen molar-refractivity contribution < 1.29 is 32.0 Å². The second kappa shape index (κ2) is 9.78. The van der Waals surface area contributed by atoms with E-state index in [0.29, 0.717) is 34.2 Å². The van der Waals surface area contributed by atoms with Crippen LogP contribution in [0.4, 0.5) is 22.7 Å². The van der Waals surface area contributed by atoms with Crippen molar-refractivity contribution in [3.05, 3.63) is 70.7 Å². The second-order valence-electron chi connectivity index (χ2n) is 9.92. The van der Waals surface area contributed by atoms with Crippen molar-refractivity contribution in [3.63, 3.8) is 0 Å². The summed E-state index contributed by atoms with van der Waals surface area (Å²) in [5, 5.41) is 13.9. The maximum atomic E-state index is 14.4. The number of aromatic nitrogens is 2. The highest BCUT2D eigenvalue weighted by Crippen LogP contribution is 2.46. The molecule has 0 radical (unpaired) electrons. The lowest BCUT2D eigenvalue weighted by atomic mass is 9.94. The topological polar surface area (TPSA) is 79.5 Å². The van der Waals surface area contributed by atoms with E-state index in [1.165, 1.54) is 29.5 Å². The first-order valence-electron chi connectivity index (χ1n) is 12.6. The number of hydrogen-bond acceptors (Lipinski definition) is 6. The fourth-order valence-corrected chi connectivity index (χ4v) is 6.06. The summed E-state index contributed by atoms with van der Waals surface area (Å²) in [7, 11) is 0. The number of thiazole rings is 1. The zero-order valence-electron chi connectivity index (χ0n) is 20.5. The minimum Gasteiger partial charge on any atom is -0.478 e. The first-order valence-corrected chi connectivity index (χ1v) is 13.4. The van der Waals surface area contributed by atoms with Gasteiger partial charge in [-0.15, -0.1) is 0 Å². The minimum absolute atomic E-state index is 0.00393. The van der Waals surface area contributed by atoms with Gasteiger partial charge in [-0.05, 0) is 49.8 Å². The smallest absolute Gasteiger partial charge is 0.417 e. The molecule has 6 nitrogen and oxygen atoms in total. The largest absolute Gasteiger partial charge is 0.478 e. The van der Waals surface area contributed by atoms with Crippen LogP contribution in [0, 0.1) is 11.7 Å². The number of carboxylic acid groups (broad SMARTS) is 1. The fourth-order valence-electron chi connectivity index (χ4n) is 4.99. The number of allylic oxidation sites excluding steroid dienone is 1. The van der Waals surface area contributed by atoms with E-state index in [9.17, 15) is 27.5 Å². The van der Waals surface area contributed by atoms with E-state index in [-0.39, 0.29) is 34.2 Å². The Kier molecular flexibility index (Phi) is 6.41. The highest BCUT2D eigenvalue weighted by Gasteiger charge is 2.37. The van der Waals surface area contributed by atoms with Crippen molar-refractivity contribution in [1.29, 1.82) is 0 Å². The van der Waals surface area contributed by atoms with Crippen LogP contribution in [0.1, 0.15) is 58.8 Å². The molecule has 3 heterocycles. The molecular formula is C28H23F4N3O3S. The molecule has 6 rings (SSSR count). The number of rotatable bonds is 6. The van der Waals surface area contributed by atoms with Gasteiger partial charge in [-0.3, -0.25) is 0 Å². The summed E-state index contributed by atoms with van der Waals surface area (Å²) in [5.74, 6) is -0.868. The normalized spacial score (nSPS) is 17.0. The number of carboxylic acids is 1. The molecule has 11 heteroatoms. The lowest BCUT2D eigenvalue weighted by molar-refractivity contribution is -0.137. The van der Waals surface area contributed by atoms with Crippen LogP contribution in [-0.4, -0.2) is 34.3 Å². The van der Waals surface area contributed by atoms with Gasteiger partial charge in [0, 0.05) is 30.1 Å². The average molecular weight is 558 g/mol. The zero-order chi connectivity index (χ0) is 27.3. The minimum atomic E-state index is -4.51. The van der Waals surface area contributed by atoms with Gasteiger partial charge in [0.2, 0.25) is 0 Å². The van der Waals surface area contributed by atoms with Crippen LogP contribution in [-0.2, 0) is 6.18 Å². The highest BCUT2D eigenvalue weighted by molar-refractivity contribution is 7.22. The number of carbonyl (C=O) groups is 1. The van der Waals surface area contributed by atoms with Crippen molar-refractivity contribution in [2.75, 3.05) is 18.0 Å². The lowest BCUT2D eigenvalue weighted by Crippen LogP contribution is -2.32. The zero-order valence-corrected chi connectivity index (χ0v) is 21.4. The van der Waals surface area contributed by atoms with Crippen molar-refractivity contribution in [3.8, 4) is 11.3 Å². The van der Waals surface area contributed by atoms with E-state index in [0.717, 1.165) is 37.8 Å². The number of nitrogens with zero attached hydrogens (tertiary/aromatic N) is 3. The van der Waals surface area contributed by atoms with Gasteiger partial charge in [0.1, 0.15) is 17.0 Å². The van der Waals surface area contributed by atoms with Gasteiger partial charge in [-0.1, -0.05) is 46.8 Å². The van der Waals surface area contributed by atoms with Crippen LogP contribution in [0.3, 0.4) is 0 Å². The average Bonchev–Trinajstić information content (AvgIpc) is 3.51. The first kappa shape index (κ1) is 25.5. The molecule has 0 spiro atoms. The summed E-state index contributed by atoms with van der Waals surface area (Å²) in [5.41, 5.74) is 0.114. The first-order chi connectivity index (χ1) is 18.7. The molecule has 1 aliphatic carbocycles. The molecular weight excluding hydrogens is 534 g/mol. The van der Waals surface area contributed by atoms with E-state index in [1.807, 2.05) is 12.2 Å². The molecule has 0 amide bonds. The van der Waals surface area contributed by atoms with Crippen LogP contribution in [0.15, 0.2) is 47.0 Å². The summed E-state index contributed by atoms with van der Waals surface area (Å²) in [6.45, 7) is 1.32. The van der Waals surface area contributed by atoms with E-state index >= 15 is 0 Å². The van der Waals surface area contributed by atoms with Gasteiger partial charge in [0.05, 0.1) is 15.8 Å². The lowest BCUT2D eigenvalue weighted by Gasteiger charge is -2.30. The molecule has 0 unspecified atom stereocenters. The number of anilines is 1. The van der Waals surface area contributed by atoms with Crippen molar-refractivity contribution >= 4 is 38.7 Å². The Labute approximate surface area is 224 Å². The standard InChI is InChI=1S/C28H23F4N3O3S/c29-21-13-17(26(36)37)14-22-24(21)33-27(39-22)35-11-9-15(10-12-35)5-8-19-23(34-38-25(19)16-6-7-16)18-3-1-2-4-20(18)28(30,31)32/h1-5,8,13-16H,6-7,9-12H2,(H,36,37)/b8-5+. The monoisotopic (exact) mass is 557 g/mol. The summed E-state index contributed by atoms with van der Waals surface area (Å²) >= 11 is 1.26. The van der Waals surface area contributed by atoms with Crippen LogP contribution >= 0.6 is 11.3 Å². The number of benzene rings is 2. The van der Waals surface area contributed by atoms with Gasteiger partial charge >= 0.3 is 12.1 Å². The Morgan fingerprint density at radius 3 is 2.56 bits per heavy atom. The predicted molar refractivity (Wildman–Crippen MR) is 139 cm³/mol. The van der Waals surface area contributed by atoms with Gasteiger partial charge < -0.3 is 14.5 Å². The van der Waals surface area contributed by atoms with E-state index in [1.54, 1.807) is 6.07 Å². The van der Waals surface area contributed by atoms with Crippen molar-refractivity contribution in [2.45, 2.75) is 37.8 Å². The number of halogens is 4. The Morgan fingerprint density at radius 2 is 1.87 bits per heavy atom. The molecule has 2 aromatic heterocycles. The molecule has 39 heavy (non-hydrogen) atoms. The highest BCUT2D eigenvalue weighted by atomic mass is 32.1. The summed E-state index contributed by atoms with van der Waals surface area (Å²) < 4.78 is 61.6. The molecule has 0 atom stereocenters. The van der Waals surface area contributed by atoms with Gasteiger partial charge in [0.15, 0.2) is 10.9 Å². The Morgan fingerprint density at radius 1 is 1.13 bits per heavy atom. The molecule has 2 aromatic carbocycles. The molecule has 1 N–H and O–H groups in total. The van der Waals surface area contributed by atoms with Crippen molar-refractivity contribution in [1.82, 2.24) is 10.1 Å². The maximum absolute atomic E-state index is 14.4. The van der Waals surface area contributed by atoms with Crippen molar-refractivity contribution in [2.24, 2.45) is 5.92 Å². The molecule has 0 bridgehead atoms. The molecule has 2 fully saturated rings. The number of hydrogen-bond donors (Lipinski definition) is 1. The third-order valence-corrected chi connectivity index (χ3v) is 8.28. The Bertz CT molecular complexity index is 1580. The van der Waals surface area contributed by atoms with Crippen LogP contribution < -0.4 is 4.90 Å².